The van der Waals surface area contributed by atoms with Crippen LogP contribution in [0.4, 0.5) is 0 Å². The maximum Gasteiger partial charge on any atom is 0.472 e. The Morgan fingerprint density at radius 1 is 0.392 bits per heavy atom. The highest BCUT2D eigenvalue weighted by Crippen LogP contribution is 2.43. The van der Waals surface area contributed by atoms with Gasteiger partial charge in [-0.25, -0.2) is 4.57 Å². The van der Waals surface area contributed by atoms with Crippen molar-refractivity contribution in [3.05, 3.63) is 85.1 Å². The molecule has 3 unspecified atom stereocenters. The summed E-state index contributed by atoms with van der Waals surface area (Å²) in [5.41, 5.74) is 0. The van der Waals surface area contributed by atoms with Crippen LogP contribution in [0.3, 0.4) is 0 Å². The van der Waals surface area contributed by atoms with E-state index in [4.69, 9.17) is 23.3 Å². The maximum absolute atomic E-state index is 12.9. The number of aliphatic hydroxyl groups is 1. The molecule has 0 amide bonds. The number of hydrogen-bond donors (Lipinski definition) is 2. The molecule has 11 nitrogen and oxygen atoms in total. The summed E-state index contributed by atoms with van der Waals surface area (Å²) < 4.78 is 39.5. The summed E-state index contributed by atoms with van der Waals surface area (Å²) in [5, 5.41) is 9.81. The van der Waals surface area contributed by atoms with Crippen molar-refractivity contribution in [1.82, 2.24) is 0 Å². The van der Waals surface area contributed by atoms with Crippen molar-refractivity contribution in [3.8, 4) is 0 Å². The Morgan fingerprint density at radius 3 is 1.11 bits per heavy atom. The highest BCUT2D eigenvalue weighted by molar-refractivity contribution is 7.47. The Kier molecular flexibility index (Phi) is 53.4. The van der Waals surface area contributed by atoms with E-state index in [2.05, 4.69) is 106 Å². The largest absolute Gasteiger partial charge is 0.472 e. The second-order valence-electron chi connectivity index (χ2n) is 19.4. The van der Waals surface area contributed by atoms with Gasteiger partial charge in [-0.15, -0.1) is 0 Å². The molecule has 0 aromatic heterocycles. The number of phosphoric acid groups is 1. The molecule has 0 aliphatic carbocycles. The summed E-state index contributed by atoms with van der Waals surface area (Å²) in [6.07, 6.45) is 64.0. The molecule has 0 fully saturated rings. The third-order valence-electron chi connectivity index (χ3n) is 12.3. The minimum Gasteiger partial charge on any atom is -0.462 e. The van der Waals surface area contributed by atoms with Gasteiger partial charge in [0, 0.05) is 19.3 Å². The summed E-state index contributed by atoms with van der Waals surface area (Å²) in [6, 6.07) is 0. The van der Waals surface area contributed by atoms with Crippen LogP contribution in [0.1, 0.15) is 252 Å². The third-order valence-corrected chi connectivity index (χ3v) is 13.3. The lowest BCUT2D eigenvalue weighted by molar-refractivity contribution is -0.161. The highest BCUT2D eigenvalue weighted by Gasteiger charge is 2.28. The number of rotatable bonds is 54. The van der Waals surface area contributed by atoms with Crippen molar-refractivity contribution in [2.45, 2.75) is 264 Å². The first-order valence-corrected chi connectivity index (χ1v) is 31.0. The van der Waals surface area contributed by atoms with Gasteiger partial charge in [-0.2, -0.15) is 0 Å². The highest BCUT2D eigenvalue weighted by atomic mass is 31.2. The molecule has 0 aliphatic rings. The smallest absolute Gasteiger partial charge is 0.462 e. The molecule has 0 aliphatic heterocycles. The number of ether oxygens (including phenoxy) is 3. The van der Waals surface area contributed by atoms with Crippen molar-refractivity contribution in [1.29, 1.82) is 0 Å². The van der Waals surface area contributed by atoms with Crippen molar-refractivity contribution < 1.29 is 52.2 Å². The third kappa shape index (κ3) is 53.5. The minimum atomic E-state index is -4.76. The average Bonchev–Trinajstić information content (AvgIpc) is 3.39. The number of phosphoric ester groups is 1. The van der Waals surface area contributed by atoms with Crippen LogP contribution in [0.2, 0.25) is 0 Å². The molecule has 0 heterocycles. The quantitative estimate of drug-likeness (QED) is 0.0197. The molecule has 0 aromatic carbocycles. The fourth-order valence-corrected chi connectivity index (χ4v) is 8.68. The van der Waals surface area contributed by atoms with Gasteiger partial charge in [-0.1, -0.05) is 228 Å². The molecule has 74 heavy (non-hydrogen) atoms. The fourth-order valence-electron chi connectivity index (χ4n) is 7.89. The topological polar surface area (TPSA) is 155 Å². The van der Waals surface area contributed by atoms with Crippen LogP contribution in [0, 0.1) is 0 Å². The standard InChI is InChI=1S/C62H107O11P/c1-4-7-10-13-16-19-22-25-28-29-32-35-38-41-44-47-50-53-62(66)73-59(55-69-60(64)51-48-45-42-39-36-33-30-26-23-20-17-14-11-8-5-2)57-71-74(67,68)70-56-58(54-63)72-61(65)52-49-46-43-40-37-34-31-27-24-21-18-15-12-9-6-3/h8-9,11-12,17-18,20-21,26-27,30-31,37,40,58-59,63H,4-7,10,13-16,19,22-25,28-29,32-36,38-39,41-57H2,1-3H3,(H,67,68)/b11-8-,12-9-,20-17-,21-18-,30-26-,31-27-,40-37-. The molecule has 0 spiro atoms. The number of aliphatic hydroxyl groups excluding tert-OH is 1. The molecule has 2 N–H and O–H groups in total. The molecule has 0 bridgehead atoms. The monoisotopic (exact) mass is 1060 g/mol. The van der Waals surface area contributed by atoms with Gasteiger partial charge in [-0.3, -0.25) is 23.4 Å². The van der Waals surface area contributed by atoms with E-state index < -0.39 is 57.8 Å². The van der Waals surface area contributed by atoms with Crippen LogP contribution in [-0.4, -0.2) is 66.5 Å². The molecule has 0 radical (unpaired) electrons. The van der Waals surface area contributed by atoms with Crippen LogP contribution >= 0.6 is 7.82 Å². The lowest BCUT2D eigenvalue weighted by Crippen LogP contribution is -2.30. The Morgan fingerprint density at radius 2 is 0.703 bits per heavy atom. The second-order valence-corrected chi connectivity index (χ2v) is 20.9. The lowest BCUT2D eigenvalue weighted by Gasteiger charge is -2.21. The van der Waals surface area contributed by atoms with Crippen molar-refractivity contribution >= 4 is 25.7 Å². The normalized spacial score (nSPS) is 14.0. The molecule has 0 aromatic rings. The molecule has 0 saturated carbocycles. The number of carbonyl (C=O) groups is 3. The minimum absolute atomic E-state index is 0.122. The predicted molar refractivity (Wildman–Crippen MR) is 307 cm³/mol. The number of carbonyl (C=O) groups excluding carboxylic acids is 3. The number of allylic oxidation sites excluding steroid dienone is 14. The van der Waals surface area contributed by atoms with E-state index in [-0.39, 0.29) is 25.9 Å². The van der Waals surface area contributed by atoms with E-state index >= 15 is 0 Å². The Labute approximate surface area is 451 Å². The molecule has 12 heteroatoms. The molecule has 0 saturated heterocycles. The Balaban J connectivity index is 4.77. The second kappa shape index (κ2) is 55.9. The van der Waals surface area contributed by atoms with Gasteiger partial charge < -0.3 is 24.2 Å². The van der Waals surface area contributed by atoms with Crippen LogP contribution in [0.25, 0.3) is 0 Å². The summed E-state index contributed by atoms with van der Waals surface area (Å²) in [7, 11) is -4.76. The Hall–Kier alpha value is -3.34. The van der Waals surface area contributed by atoms with Crippen LogP contribution in [0.5, 0.6) is 0 Å². The summed E-state index contributed by atoms with van der Waals surface area (Å²) >= 11 is 0. The van der Waals surface area contributed by atoms with E-state index in [0.29, 0.717) is 19.3 Å². The Bertz CT molecular complexity index is 1560. The predicted octanol–water partition coefficient (Wildman–Crippen LogP) is 17.5. The van der Waals surface area contributed by atoms with Crippen LogP contribution < -0.4 is 0 Å². The van der Waals surface area contributed by atoms with Crippen molar-refractivity contribution in [2.24, 2.45) is 0 Å². The van der Waals surface area contributed by atoms with E-state index in [9.17, 15) is 28.9 Å². The van der Waals surface area contributed by atoms with E-state index in [1.165, 1.54) is 83.5 Å². The van der Waals surface area contributed by atoms with Crippen molar-refractivity contribution in [2.75, 3.05) is 26.4 Å². The van der Waals surface area contributed by atoms with E-state index in [1.807, 2.05) is 0 Å². The first kappa shape index (κ1) is 70.7. The zero-order chi connectivity index (χ0) is 54.1. The zero-order valence-corrected chi connectivity index (χ0v) is 47.9. The van der Waals surface area contributed by atoms with Crippen LogP contribution in [-0.2, 0) is 42.2 Å². The molecule has 0 rings (SSSR count). The molecular weight excluding hydrogens is 952 g/mol. The van der Waals surface area contributed by atoms with E-state index in [0.717, 1.165) is 109 Å². The molecule has 3 atom stereocenters. The van der Waals surface area contributed by atoms with Gasteiger partial charge in [0.05, 0.1) is 19.8 Å². The average molecular weight is 1060 g/mol. The maximum atomic E-state index is 12.9. The van der Waals surface area contributed by atoms with Gasteiger partial charge >= 0.3 is 25.7 Å². The molecule has 426 valence electrons. The fraction of sp³-hybridized carbons (Fsp3) is 0.726. The lowest BCUT2D eigenvalue weighted by atomic mass is 10.0. The van der Waals surface area contributed by atoms with Crippen LogP contribution in [0.15, 0.2) is 85.1 Å². The number of hydrogen-bond acceptors (Lipinski definition) is 10. The number of esters is 3. The van der Waals surface area contributed by atoms with Gasteiger partial charge in [0.15, 0.2) is 6.10 Å². The molecular formula is C62H107O11P. The van der Waals surface area contributed by atoms with Gasteiger partial charge in [0.1, 0.15) is 12.7 Å². The van der Waals surface area contributed by atoms with Crippen molar-refractivity contribution in [3.63, 3.8) is 0 Å². The summed E-state index contributed by atoms with van der Waals surface area (Å²) in [4.78, 5) is 48.6. The number of unbranched alkanes of at least 4 members (excludes halogenated alkanes) is 23. The van der Waals surface area contributed by atoms with E-state index in [1.54, 1.807) is 0 Å². The zero-order valence-electron chi connectivity index (χ0n) is 47.0. The SMILES string of the molecule is CC/C=C\C/C=C\C/C=C\C/C=C\CCCCC(=O)OC(CO)COP(=O)(O)OCC(COC(=O)CCCCCCC/C=C\C/C=C\C/C=C\CC)OC(=O)CCCCCCCCCCCCCCCCCCC. The van der Waals surface area contributed by atoms with Gasteiger partial charge in [0.25, 0.3) is 0 Å². The van der Waals surface area contributed by atoms with Gasteiger partial charge in [0.2, 0.25) is 0 Å². The van der Waals surface area contributed by atoms with Gasteiger partial charge in [-0.05, 0) is 89.9 Å². The summed E-state index contributed by atoms with van der Waals surface area (Å²) in [5.74, 6) is -1.52. The summed E-state index contributed by atoms with van der Waals surface area (Å²) in [6.45, 7) is 4.37. The first-order chi connectivity index (χ1) is 36.2. The first-order valence-electron chi connectivity index (χ1n) is 29.5.